The minimum Gasteiger partial charge on any atom is -0.368 e. The monoisotopic (exact) mass is 238 g/mol. The molecule has 4 rings (SSSR count). The third kappa shape index (κ3) is 2.08. The summed E-state index contributed by atoms with van der Waals surface area (Å²) in [6.45, 7) is 6.36. The van der Waals surface area contributed by atoms with Gasteiger partial charge >= 0.3 is 0 Å². The zero-order valence-electron chi connectivity index (χ0n) is 10.6. The molecule has 0 aromatic rings. The van der Waals surface area contributed by atoms with E-state index >= 15 is 0 Å². The van der Waals surface area contributed by atoms with Crippen molar-refractivity contribution in [2.24, 2.45) is 5.92 Å². The Bertz CT molecular complexity index is 307. The number of ether oxygens (including phenoxy) is 1. The molecule has 1 unspecified atom stereocenters. The molecule has 0 aromatic carbocycles. The molecule has 0 aromatic heterocycles. The average molecular weight is 238 g/mol. The number of amides is 1. The lowest BCUT2D eigenvalue weighted by atomic mass is 9.74. The summed E-state index contributed by atoms with van der Waals surface area (Å²) in [5.74, 6) is 0.761. The highest BCUT2D eigenvalue weighted by Gasteiger charge is 2.45. The molecule has 0 aliphatic carbocycles. The average Bonchev–Trinajstić information content (AvgIpc) is 2.83. The molecule has 17 heavy (non-hydrogen) atoms. The van der Waals surface area contributed by atoms with Crippen LogP contribution >= 0.6 is 0 Å². The molecule has 4 heteroatoms. The van der Waals surface area contributed by atoms with E-state index in [1.807, 2.05) is 0 Å². The van der Waals surface area contributed by atoms with Crippen molar-refractivity contribution in [2.45, 2.75) is 44.2 Å². The number of carbonyl (C=O) groups excluding carboxylic acids is 1. The van der Waals surface area contributed by atoms with Gasteiger partial charge in [-0.3, -0.25) is 4.79 Å². The Morgan fingerprint density at radius 2 is 2.12 bits per heavy atom. The molecule has 2 bridgehead atoms. The standard InChI is InChI=1S/C13H22N2O2/c1-13(9-15-6-4-10(13)5-7-15)14-12(16)11-3-2-8-17-11/h10-11H,2-9H2,1H3,(H,14,16)/t11-,13?/m1/s1. The SMILES string of the molecule is CC1(NC(=O)[C@H]2CCCO2)CN2CCC1CC2. The van der Waals surface area contributed by atoms with E-state index in [1.54, 1.807) is 0 Å². The second-order valence-corrected chi connectivity index (χ2v) is 5.96. The van der Waals surface area contributed by atoms with Crippen LogP contribution in [-0.2, 0) is 9.53 Å². The minimum absolute atomic E-state index is 0.0282. The van der Waals surface area contributed by atoms with Crippen LogP contribution in [0.1, 0.15) is 32.6 Å². The van der Waals surface area contributed by atoms with Crippen molar-refractivity contribution in [1.82, 2.24) is 10.2 Å². The molecular weight excluding hydrogens is 216 g/mol. The first-order valence-corrected chi connectivity index (χ1v) is 6.83. The molecule has 1 amide bonds. The summed E-state index contributed by atoms with van der Waals surface area (Å²) < 4.78 is 5.46. The van der Waals surface area contributed by atoms with Gasteiger partial charge in [0.25, 0.3) is 0 Å². The number of carbonyl (C=O) groups is 1. The third-order valence-electron chi connectivity index (χ3n) is 4.67. The van der Waals surface area contributed by atoms with Crippen molar-refractivity contribution < 1.29 is 9.53 Å². The highest BCUT2D eigenvalue weighted by atomic mass is 16.5. The first-order chi connectivity index (χ1) is 8.17. The fourth-order valence-corrected chi connectivity index (χ4v) is 3.61. The van der Waals surface area contributed by atoms with E-state index in [0.29, 0.717) is 5.92 Å². The summed E-state index contributed by atoms with van der Waals surface area (Å²) in [6.07, 6.45) is 4.16. The van der Waals surface area contributed by atoms with Crippen LogP contribution < -0.4 is 5.32 Å². The van der Waals surface area contributed by atoms with Gasteiger partial charge in [0.15, 0.2) is 0 Å². The van der Waals surface area contributed by atoms with Gasteiger partial charge in [0, 0.05) is 13.2 Å². The summed E-state index contributed by atoms with van der Waals surface area (Å²) in [6, 6.07) is 0. The third-order valence-corrected chi connectivity index (χ3v) is 4.67. The molecule has 0 radical (unpaired) electrons. The van der Waals surface area contributed by atoms with E-state index in [4.69, 9.17) is 4.74 Å². The number of piperidine rings is 3. The molecule has 4 fully saturated rings. The number of hydrogen-bond acceptors (Lipinski definition) is 3. The van der Waals surface area contributed by atoms with Gasteiger partial charge in [-0.05, 0) is 51.6 Å². The quantitative estimate of drug-likeness (QED) is 0.772. The van der Waals surface area contributed by atoms with Crippen LogP contribution in [0.15, 0.2) is 0 Å². The zero-order chi connectivity index (χ0) is 11.9. The van der Waals surface area contributed by atoms with Gasteiger partial charge in [-0.1, -0.05) is 0 Å². The van der Waals surface area contributed by atoms with Gasteiger partial charge in [-0.2, -0.15) is 0 Å². The maximum absolute atomic E-state index is 12.1. The molecule has 1 N–H and O–H groups in total. The Morgan fingerprint density at radius 1 is 1.35 bits per heavy atom. The van der Waals surface area contributed by atoms with E-state index in [-0.39, 0.29) is 17.6 Å². The van der Waals surface area contributed by atoms with Gasteiger partial charge in [-0.25, -0.2) is 0 Å². The predicted molar refractivity (Wildman–Crippen MR) is 64.7 cm³/mol. The Hall–Kier alpha value is -0.610. The minimum atomic E-state index is -0.192. The molecule has 0 saturated carbocycles. The van der Waals surface area contributed by atoms with Crippen molar-refractivity contribution >= 4 is 5.91 Å². The Labute approximate surface area is 103 Å². The summed E-state index contributed by atoms with van der Waals surface area (Å²) in [5.41, 5.74) is -0.0282. The van der Waals surface area contributed by atoms with E-state index in [2.05, 4.69) is 17.1 Å². The maximum Gasteiger partial charge on any atom is 0.249 e. The molecule has 4 aliphatic heterocycles. The van der Waals surface area contributed by atoms with Crippen LogP contribution in [0.5, 0.6) is 0 Å². The predicted octanol–water partition coefficient (Wildman–Crippen LogP) is 0.766. The molecule has 96 valence electrons. The maximum atomic E-state index is 12.1. The smallest absolute Gasteiger partial charge is 0.249 e. The molecule has 4 saturated heterocycles. The van der Waals surface area contributed by atoms with Gasteiger partial charge in [0.2, 0.25) is 5.91 Å². The highest BCUT2D eigenvalue weighted by Crippen LogP contribution is 2.35. The number of hydrogen-bond donors (Lipinski definition) is 1. The van der Waals surface area contributed by atoms with Crippen molar-refractivity contribution in [3.05, 3.63) is 0 Å². The normalized spacial score (nSPS) is 44.9. The Kier molecular flexibility index (Phi) is 2.87. The number of rotatable bonds is 2. The van der Waals surface area contributed by atoms with Gasteiger partial charge < -0.3 is 15.0 Å². The van der Waals surface area contributed by atoms with Crippen LogP contribution in [0.4, 0.5) is 0 Å². The Morgan fingerprint density at radius 3 is 2.65 bits per heavy atom. The van der Waals surface area contributed by atoms with Crippen LogP contribution in [-0.4, -0.2) is 48.7 Å². The van der Waals surface area contributed by atoms with E-state index in [9.17, 15) is 4.79 Å². The Balaban J connectivity index is 1.65. The second kappa shape index (κ2) is 4.25. The molecule has 4 aliphatic rings. The largest absolute Gasteiger partial charge is 0.368 e. The van der Waals surface area contributed by atoms with Crippen molar-refractivity contribution in [3.63, 3.8) is 0 Å². The second-order valence-electron chi connectivity index (χ2n) is 5.96. The summed E-state index contributed by atoms with van der Waals surface area (Å²) in [7, 11) is 0. The van der Waals surface area contributed by atoms with Crippen LogP contribution in [0.25, 0.3) is 0 Å². The lowest BCUT2D eigenvalue weighted by molar-refractivity contribution is -0.134. The fourth-order valence-electron chi connectivity index (χ4n) is 3.61. The van der Waals surface area contributed by atoms with Crippen LogP contribution in [0.2, 0.25) is 0 Å². The zero-order valence-corrected chi connectivity index (χ0v) is 10.6. The van der Waals surface area contributed by atoms with Crippen molar-refractivity contribution in [3.8, 4) is 0 Å². The van der Waals surface area contributed by atoms with E-state index in [0.717, 1.165) is 26.0 Å². The first kappa shape index (κ1) is 11.5. The van der Waals surface area contributed by atoms with Crippen LogP contribution in [0.3, 0.4) is 0 Å². The molecule has 0 spiro atoms. The van der Waals surface area contributed by atoms with E-state index < -0.39 is 0 Å². The molecule has 4 nitrogen and oxygen atoms in total. The lowest BCUT2D eigenvalue weighted by Gasteiger charge is -2.52. The molecule has 2 atom stereocenters. The lowest BCUT2D eigenvalue weighted by Crippen LogP contribution is -2.66. The number of nitrogens with one attached hydrogen (secondary N) is 1. The fraction of sp³-hybridized carbons (Fsp3) is 0.923. The van der Waals surface area contributed by atoms with Crippen molar-refractivity contribution in [1.29, 1.82) is 0 Å². The summed E-state index contributed by atoms with van der Waals surface area (Å²) in [4.78, 5) is 14.6. The highest BCUT2D eigenvalue weighted by molar-refractivity contribution is 5.81. The van der Waals surface area contributed by atoms with Crippen LogP contribution in [0, 0.1) is 5.92 Å². The molecule has 4 heterocycles. The van der Waals surface area contributed by atoms with Gasteiger partial charge in [0.05, 0.1) is 5.54 Å². The van der Waals surface area contributed by atoms with Crippen molar-refractivity contribution in [2.75, 3.05) is 26.2 Å². The first-order valence-electron chi connectivity index (χ1n) is 6.83. The van der Waals surface area contributed by atoms with Gasteiger partial charge in [0.1, 0.15) is 6.10 Å². The number of nitrogens with zero attached hydrogens (tertiary/aromatic N) is 1. The number of fused-ring (bicyclic) bond motifs is 3. The topological polar surface area (TPSA) is 41.6 Å². The molecular formula is C13H22N2O2. The summed E-state index contributed by atoms with van der Waals surface area (Å²) >= 11 is 0. The van der Waals surface area contributed by atoms with Gasteiger partial charge in [-0.15, -0.1) is 0 Å². The summed E-state index contributed by atoms with van der Waals surface area (Å²) in [5, 5.41) is 3.26. The van der Waals surface area contributed by atoms with E-state index in [1.165, 1.54) is 25.9 Å².